The minimum Gasteiger partial charge on any atom is -0.504 e. The summed E-state index contributed by atoms with van der Waals surface area (Å²) >= 11 is 1.40. The Morgan fingerprint density at radius 2 is 1.45 bits per heavy atom. The number of hydrogen-bond acceptors (Lipinski definition) is 20. The van der Waals surface area contributed by atoms with Crippen LogP contribution in [-0.4, -0.2) is 215 Å². The minimum atomic E-state index is -2.22. The first kappa shape index (κ1) is 66.2. The molecule has 3 aliphatic heterocycles. The first-order chi connectivity index (χ1) is 41.3. The molecule has 8 amide bonds. The molecule has 87 heavy (non-hydrogen) atoms. The highest BCUT2D eigenvalue weighted by Gasteiger charge is 2.50. The molecule has 4 heterocycles. The van der Waals surface area contributed by atoms with Crippen molar-refractivity contribution in [3.8, 4) is 38.3 Å². The van der Waals surface area contributed by atoms with E-state index in [2.05, 4.69) is 38.5 Å². The Hall–Kier alpha value is -8.32. The molecule has 1 aromatic heterocycles. The number of nitrogens with two attached hydrogens (primary N) is 1. The summed E-state index contributed by atoms with van der Waals surface area (Å²) in [6.07, 6.45) is -8.88. The maximum atomic E-state index is 14.7. The minimum absolute atomic E-state index is 0.0290. The van der Waals surface area contributed by atoms with Crippen LogP contribution in [0.4, 0.5) is 0 Å². The molecule has 470 valence electrons. The highest BCUT2D eigenvalue weighted by Crippen LogP contribution is 2.34. The van der Waals surface area contributed by atoms with Gasteiger partial charge in [0.2, 0.25) is 41.4 Å². The number of primary amides is 1. The van der Waals surface area contributed by atoms with Gasteiger partial charge in [0.25, 0.3) is 5.91 Å². The first-order valence-corrected chi connectivity index (χ1v) is 29.1. The highest BCUT2D eigenvalue weighted by molar-refractivity contribution is 7.18. The Morgan fingerprint density at radius 3 is 2.11 bits per heavy atom. The van der Waals surface area contributed by atoms with E-state index >= 15 is 0 Å². The maximum Gasteiger partial charge on any atom is 0.341 e. The lowest BCUT2D eigenvalue weighted by atomic mass is 9.98. The molecule has 15 N–H and O–H groups in total. The fourth-order valence-electron chi connectivity index (χ4n) is 10.3. The smallest absolute Gasteiger partial charge is 0.341 e. The molecule has 0 radical (unpaired) electrons. The van der Waals surface area contributed by atoms with Gasteiger partial charge in [-0.2, -0.15) is 0 Å². The third-order valence-corrected chi connectivity index (χ3v) is 16.1. The van der Waals surface area contributed by atoms with Crippen LogP contribution in [0.15, 0.2) is 72.9 Å². The van der Waals surface area contributed by atoms with Crippen LogP contribution in [-0.2, 0) is 44.8 Å². The molecule has 7 rings (SSSR count). The van der Waals surface area contributed by atoms with Gasteiger partial charge in [-0.25, -0.2) is 9.78 Å². The Balaban J connectivity index is 1.19. The molecule has 0 unspecified atom stereocenters. The predicted molar refractivity (Wildman–Crippen MR) is 308 cm³/mol. The fourth-order valence-corrected chi connectivity index (χ4v) is 11.3. The number of amides is 8. The number of carboxylic acid groups (broad SMARTS) is 1. The lowest BCUT2D eigenvalue weighted by Gasteiger charge is -2.33. The number of benzene rings is 3. The average Bonchev–Trinajstić information content (AvgIpc) is 2.58. The molecule has 3 saturated heterocycles. The second-order valence-electron chi connectivity index (χ2n) is 21.8. The molecule has 0 bridgehead atoms. The van der Waals surface area contributed by atoms with E-state index in [1.165, 1.54) is 36.5 Å². The van der Waals surface area contributed by atoms with Crippen LogP contribution < -0.4 is 41.8 Å². The van der Waals surface area contributed by atoms with Crippen LogP contribution in [0.25, 0.3) is 21.0 Å². The standard InChI is InChI=1S/C58H73N9O19S/c1-4-5-6-17-85-36-14-12-33(13-15-36)56-61-24-43(87-56)31-8-10-32(11-9-31)51(78)62-37-20-34(69)23-60-55(82)49-50(77)28(2)25-67(49)58(84)48(41(73)22-44(59)74)65-54(81)47(40(72)18-30-7-16-39(71)42(19-30)86-27-45(75)76)64-53(80)38-21-35(70)26-66(38)57(83)46(29(3)68)63-52(37)79/h7-16,19,24,28-29,34-35,37-38,40-41,46-50,68-73,77H,4-6,17-18,20-23,25-27H2,1-3H3,(H2,59,74)(H,60,82)(H,62,78)(H,63,79)(H,64,80)(H,65,81)(H,75,76)/t28-,29+,34+,35+,37-,38-,40+,41+,46-,47-,48-,49-,50-/m0/s1. The number of phenolic OH excluding ortho intramolecular Hbond substituents is 1. The van der Waals surface area contributed by atoms with Gasteiger partial charge < -0.3 is 92.4 Å². The van der Waals surface area contributed by atoms with Gasteiger partial charge in [-0.05, 0) is 73.0 Å². The van der Waals surface area contributed by atoms with E-state index in [4.69, 9.17) is 20.3 Å². The predicted octanol–water partition coefficient (Wildman–Crippen LogP) is -1.96. The van der Waals surface area contributed by atoms with Crippen molar-refractivity contribution in [1.82, 2.24) is 41.4 Å². The molecule has 29 heteroatoms. The number of aliphatic hydroxyl groups excluding tert-OH is 6. The monoisotopic (exact) mass is 1230 g/mol. The summed E-state index contributed by atoms with van der Waals surface area (Å²) in [5, 5.41) is 100. The third kappa shape index (κ3) is 17.0. The van der Waals surface area contributed by atoms with Crippen molar-refractivity contribution in [2.45, 2.75) is 139 Å². The third-order valence-electron chi connectivity index (χ3n) is 15.0. The Labute approximate surface area is 503 Å². The van der Waals surface area contributed by atoms with Crippen molar-refractivity contribution in [2.75, 3.05) is 32.8 Å². The van der Waals surface area contributed by atoms with Crippen LogP contribution in [0, 0.1) is 5.92 Å². The lowest BCUT2D eigenvalue weighted by Crippen LogP contribution is -2.64. The number of ether oxygens (including phenoxy) is 2. The molecular formula is C58H73N9O19S. The zero-order chi connectivity index (χ0) is 63.4. The molecule has 28 nitrogen and oxygen atoms in total. The van der Waals surface area contributed by atoms with E-state index in [-0.39, 0.29) is 16.9 Å². The number of carbonyl (C=O) groups excluding carboxylic acids is 8. The zero-order valence-corrected chi connectivity index (χ0v) is 48.6. The normalized spacial score (nSPS) is 25.3. The summed E-state index contributed by atoms with van der Waals surface area (Å²) in [5.41, 5.74) is 7.04. The maximum absolute atomic E-state index is 14.7. The summed E-state index contributed by atoms with van der Waals surface area (Å²) in [7, 11) is 0. The van der Waals surface area contributed by atoms with Crippen LogP contribution in [0.2, 0.25) is 0 Å². The fraction of sp³-hybridized carbons (Fsp3) is 0.483. The molecule has 3 aromatic carbocycles. The van der Waals surface area contributed by atoms with Crippen molar-refractivity contribution in [2.24, 2.45) is 11.7 Å². The van der Waals surface area contributed by atoms with Gasteiger partial charge in [-0.15, -0.1) is 11.3 Å². The second kappa shape index (κ2) is 29.9. The molecule has 0 spiro atoms. The van der Waals surface area contributed by atoms with Gasteiger partial charge in [0.1, 0.15) is 47.0 Å². The van der Waals surface area contributed by atoms with E-state index in [0.29, 0.717) is 12.2 Å². The van der Waals surface area contributed by atoms with Gasteiger partial charge >= 0.3 is 5.97 Å². The zero-order valence-electron chi connectivity index (χ0n) is 47.8. The van der Waals surface area contributed by atoms with Crippen LogP contribution in [0.5, 0.6) is 17.2 Å². The van der Waals surface area contributed by atoms with Crippen molar-refractivity contribution < 1.29 is 93.5 Å². The number of nitrogens with one attached hydrogen (secondary N) is 5. The quantitative estimate of drug-likeness (QED) is 0.0453. The summed E-state index contributed by atoms with van der Waals surface area (Å²) in [5.74, 6) is -11.8. The van der Waals surface area contributed by atoms with E-state index in [1.54, 1.807) is 18.3 Å². The number of aromatic hydroxyl groups is 1. The van der Waals surface area contributed by atoms with E-state index in [9.17, 15) is 78.9 Å². The van der Waals surface area contributed by atoms with Gasteiger partial charge in [0.05, 0.1) is 54.5 Å². The van der Waals surface area contributed by atoms with Crippen LogP contribution in [0.3, 0.4) is 0 Å². The molecule has 0 aliphatic carbocycles. The van der Waals surface area contributed by atoms with Gasteiger partial charge in [-0.1, -0.05) is 44.9 Å². The van der Waals surface area contributed by atoms with E-state index < -0.39 is 190 Å². The summed E-state index contributed by atoms with van der Waals surface area (Å²) in [6, 6.07) is 5.52. The van der Waals surface area contributed by atoms with Crippen LogP contribution >= 0.6 is 11.3 Å². The summed E-state index contributed by atoms with van der Waals surface area (Å²) in [4.78, 5) is 131. The number of nitrogens with zero attached hydrogens (tertiary/aromatic N) is 3. The second-order valence-corrected chi connectivity index (χ2v) is 22.9. The number of rotatable bonds is 19. The number of thiazole rings is 1. The van der Waals surface area contributed by atoms with Crippen molar-refractivity contribution in [1.29, 1.82) is 0 Å². The molecule has 3 fully saturated rings. The number of phenols is 1. The molecule has 4 aromatic rings. The topological polar surface area (TPSA) is 439 Å². The number of aliphatic carboxylic acids is 1. The Bertz CT molecular complexity index is 3130. The first-order valence-electron chi connectivity index (χ1n) is 28.3. The largest absolute Gasteiger partial charge is 0.504 e. The summed E-state index contributed by atoms with van der Waals surface area (Å²) in [6.45, 7) is 2.68. The SMILES string of the molecule is CCCCCOc1ccc(-c2ncc(-c3ccc(C(=O)N[C@H]4C[C@@H](O)CNC(=O)[C@@H]5[C@@H](O)[C@@H](C)CN5C(=O)[C@H]([C@H](O)CC(N)=O)NC(=O)[C@H]([C@H](O)Cc5ccc(O)c(OCC(=O)O)c5)NC(=O)[C@@H]5C[C@@H](O)CN5C(=O)[C@H]([C@@H](C)O)NC4=O)cc3)s2)cc1. The highest BCUT2D eigenvalue weighted by atomic mass is 32.1. The van der Waals surface area contributed by atoms with Crippen LogP contribution in [0.1, 0.15) is 75.2 Å². The van der Waals surface area contributed by atoms with Crippen molar-refractivity contribution >= 4 is 64.6 Å². The average molecular weight is 1230 g/mol. The number of carbonyl (C=O) groups is 9. The van der Waals surface area contributed by atoms with Crippen molar-refractivity contribution in [3.05, 3.63) is 84.1 Å². The number of aromatic nitrogens is 1. The molecular weight excluding hydrogens is 1160 g/mol. The number of fused-ring (bicyclic) bond motifs is 2. The number of unbranched alkanes of at least 4 members (excludes halogenated alkanes) is 2. The molecule has 13 atom stereocenters. The number of carboxylic acids is 1. The summed E-state index contributed by atoms with van der Waals surface area (Å²) < 4.78 is 11.0. The number of aliphatic hydroxyl groups is 6. The number of hydrogen-bond donors (Lipinski definition) is 14. The van der Waals surface area contributed by atoms with Crippen molar-refractivity contribution in [3.63, 3.8) is 0 Å². The molecule has 0 saturated carbocycles. The number of β-amino-alcohol motifs (C(OH)–C–C–N with tert-alkyl or cyclic N) is 1. The molecule has 3 aliphatic rings. The van der Waals surface area contributed by atoms with E-state index in [1.807, 2.05) is 24.3 Å². The van der Waals surface area contributed by atoms with Gasteiger partial charge in [-0.3, -0.25) is 38.4 Å². The Morgan fingerprint density at radius 1 is 0.782 bits per heavy atom. The van der Waals surface area contributed by atoms with E-state index in [0.717, 1.165) is 69.3 Å². The van der Waals surface area contributed by atoms with Gasteiger partial charge in [0, 0.05) is 62.1 Å². The lowest BCUT2D eigenvalue weighted by molar-refractivity contribution is -0.147. The Kier molecular flexibility index (Phi) is 22.7. The van der Waals surface area contributed by atoms with Gasteiger partial charge in [0.15, 0.2) is 18.1 Å².